The summed E-state index contributed by atoms with van der Waals surface area (Å²) in [5.74, 6) is 0.824. The molecule has 1 unspecified atom stereocenters. The molecule has 9 nitrogen and oxygen atoms in total. The van der Waals surface area contributed by atoms with E-state index in [0.717, 1.165) is 79.6 Å². The molecule has 230 valence electrons. The molecule has 0 bridgehead atoms. The third-order valence-corrected chi connectivity index (χ3v) is 8.04. The number of rotatable bonds is 16. The van der Waals surface area contributed by atoms with E-state index in [1.54, 1.807) is 12.0 Å². The Bertz CT molecular complexity index is 1430. The van der Waals surface area contributed by atoms with Crippen LogP contribution in [0.25, 0.3) is 16.2 Å². The van der Waals surface area contributed by atoms with Gasteiger partial charge in [-0.1, -0.05) is 49.4 Å². The number of fused-ring (bicyclic) bond motifs is 3. The van der Waals surface area contributed by atoms with E-state index in [2.05, 4.69) is 19.9 Å². The number of aromatic nitrogens is 3. The van der Waals surface area contributed by atoms with Crippen LogP contribution < -0.4 is 23.6 Å². The standard InChI is InChI=1S/C33H41ClN5O4.Li/c1-41-21-22-43-33(40)39-18-13-28-29-23-26(34)9-12-30(29)37-31(28)32(39)25-7-10-27(11-8-25)42-20-5-3-2-4-14-35-15-6-17-38-19-16-36-24-38;/h7-12,16,19,23-24,32,37H,2-6,13-15,17-18,20-22H2,1H3;/q-1;+1. The van der Waals surface area contributed by atoms with Gasteiger partial charge in [0, 0.05) is 54.2 Å². The van der Waals surface area contributed by atoms with Crippen molar-refractivity contribution in [3.63, 3.8) is 0 Å². The number of amides is 1. The third-order valence-electron chi connectivity index (χ3n) is 7.80. The maximum atomic E-state index is 13.1. The summed E-state index contributed by atoms with van der Waals surface area (Å²) in [5, 5.41) is 6.43. The molecule has 1 atom stereocenters. The number of methoxy groups -OCH3 is 1. The van der Waals surface area contributed by atoms with Crippen molar-refractivity contribution in [1.29, 1.82) is 0 Å². The third kappa shape index (κ3) is 9.06. The molecule has 5 rings (SSSR count). The van der Waals surface area contributed by atoms with Gasteiger partial charge in [0.25, 0.3) is 0 Å². The number of carbonyl (C=O) groups is 1. The van der Waals surface area contributed by atoms with Crippen LogP contribution in [0, 0.1) is 0 Å². The Balaban J connectivity index is 0.00000442. The number of nitrogens with zero attached hydrogens (tertiary/aromatic N) is 4. The van der Waals surface area contributed by atoms with Crippen molar-refractivity contribution in [1.82, 2.24) is 19.4 Å². The molecule has 1 amide bonds. The minimum atomic E-state index is -0.355. The molecule has 44 heavy (non-hydrogen) atoms. The summed E-state index contributed by atoms with van der Waals surface area (Å²) in [7, 11) is 1.59. The molecule has 1 aliphatic heterocycles. The van der Waals surface area contributed by atoms with E-state index in [4.69, 9.17) is 25.8 Å². The summed E-state index contributed by atoms with van der Waals surface area (Å²) < 4.78 is 18.7. The molecule has 0 aliphatic carbocycles. The number of hydrogen-bond donors (Lipinski definition) is 1. The van der Waals surface area contributed by atoms with Crippen LogP contribution in [-0.4, -0.2) is 72.1 Å². The van der Waals surface area contributed by atoms with Crippen LogP contribution in [0.15, 0.2) is 61.2 Å². The first-order valence-corrected chi connectivity index (χ1v) is 15.6. The minimum Gasteiger partial charge on any atom is -0.662 e. The summed E-state index contributed by atoms with van der Waals surface area (Å²) >= 11 is 6.32. The normalized spacial score (nSPS) is 14.3. The number of hydrogen-bond acceptors (Lipinski definition) is 5. The first-order valence-electron chi connectivity index (χ1n) is 15.2. The number of aromatic amines is 1. The van der Waals surface area contributed by atoms with Gasteiger partial charge in [-0.25, -0.2) is 9.78 Å². The molecule has 1 N–H and O–H groups in total. The number of carbonyl (C=O) groups excluding carboxylic acids is 1. The van der Waals surface area contributed by atoms with Crippen LogP contribution >= 0.6 is 11.6 Å². The molecule has 0 saturated carbocycles. The van der Waals surface area contributed by atoms with Gasteiger partial charge in [0.1, 0.15) is 18.4 Å². The Morgan fingerprint density at radius 3 is 2.66 bits per heavy atom. The van der Waals surface area contributed by atoms with Crippen LogP contribution in [-0.2, 0) is 22.4 Å². The number of ether oxygens (including phenoxy) is 3. The van der Waals surface area contributed by atoms with E-state index in [9.17, 15) is 4.79 Å². The molecule has 4 aromatic rings. The summed E-state index contributed by atoms with van der Waals surface area (Å²) in [5.41, 5.74) is 4.17. The van der Waals surface area contributed by atoms with Gasteiger partial charge < -0.3 is 29.1 Å². The maximum Gasteiger partial charge on any atom is 1.00 e. The maximum absolute atomic E-state index is 13.1. The van der Waals surface area contributed by atoms with Crippen molar-refractivity contribution in [2.75, 3.05) is 46.6 Å². The van der Waals surface area contributed by atoms with E-state index in [-0.39, 0.29) is 37.6 Å². The smallest absolute Gasteiger partial charge is 0.662 e. The SMILES string of the molecule is COCCOC(=O)N1CCc2c([nH]c3ccc(Cl)cc23)C1c1ccc(OCCCCCC[N-]CCCn2ccnc2)cc1.[Li+]. The zero-order valence-corrected chi connectivity index (χ0v) is 26.6. The molecular formula is C33H41ClLiN5O4. The van der Waals surface area contributed by atoms with E-state index < -0.39 is 0 Å². The second kappa shape index (κ2) is 17.5. The van der Waals surface area contributed by atoms with Crippen molar-refractivity contribution in [3.05, 3.63) is 88.3 Å². The van der Waals surface area contributed by atoms with Crippen LogP contribution in [0.5, 0.6) is 5.75 Å². The molecule has 2 aromatic heterocycles. The Hall–Kier alpha value is -2.93. The molecule has 11 heteroatoms. The quantitative estimate of drug-likeness (QED) is 0.151. The Kier molecular flexibility index (Phi) is 13.5. The summed E-state index contributed by atoms with van der Waals surface area (Å²) in [4.78, 5) is 22.6. The second-order valence-electron chi connectivity index (χ2n) is 10.8. The average molecular weight is 614 g/mol. The first-order chi connectivity index (χ1) is 21.1. The van der Waals surface area contributed by atoms with Gasteiger partial charge >= 0.3 is 25.0 Å². The van der Waals surface area contributed by atoms with Crippen LogP contribution in [0.1, 0.15) is 55.0 Å². The summed E-state index contributed by atoms with van der Waals surface area (Å²) in [6.45, 7) is 4.59. The molecule has 1 aliphatic rings. The van der Waals surface area contributed by atoms with E-state index in [0.29, 0.717) is 31.2 Å². The first kappa shape index (κ1) is 34.0. The summed E-state index contributed by atoms with van der Waals surface area (Å²) in [6, 6.07) is 13.6. The Labute approximate surface area is 276 Å². The number of nitrogens with one attached hydrogen (secondary N) is 1. The fourth-order valence-corrected chi connectivity index (χ4v) is 5.78. The van der Waals surface area contributed by atoms with Crippen molar-refractivity contribution in [2.45, 2.75) is 51.1 Å². The number of unbranched alkanes of at least 4 members (excludes halogenated alkanes) is 3. The van der Waals surface area contributed by atoms with Gasteiger partial charge in [-0.3, -0.25) is 4.90 Å². The molecular weight excluding hydrogens is 573 g/mol. The van der Waals surface area contributed by atoms with Gasteiger partial charge in [0.2, 0.25) is 0 Å². The number of halogens is 1. The number of aryl methyl sites for hydroxylation is 1. The second-order valence-corrected chi connectivity index (χ2v) is 11.3. The zero-order chi connectivity index (χ0) is 29.9. The van der Waals surface area contributed by atoms with Gasteiger partial charge in [-0.05, 0) is 54.3 Å². The molecule has 3 heterocycles. The molecule has 0 fully saturated rings. The van der Waals surface area contributed by atoms with E-state index >= 15 is 0 Å². The van der Waals surface area contributed by atoms with Gasteiger partial charge in [-0.2, -0.15) is 0 Å². The Morgan fingerprint density at radius 1 is 1.05 bits per heavy atom. The van der Waals surface area contributed by atoms with Crippen molar-refractivity contribution < 1.29 is 37.9 Å². The van der Waals surface area contributed by atoms with Gasteiger partial charge in [0.15, 0.2) is 0 Å². The van der Waals surface area contributed by atoms with Crippen molar-refractivity contribution in [3.8, 4) is 5.75 Å². The molecule has 2 aromatic carbocycles. The number of H-pyrrole nitrogens is 1. The fourth-order valence-electron chi connectivity index (χ4n) is 5.61. The van der Waals surface area contributed by atoms with E-state index in [1.807, 2.05) is 61.2 Å². The van der Waals surface area contributed by atoms with Crippen LogP contribution in [0.2, 0.25) is 5.02 Å². The van der Waals surface area contributed by atoms with Gasteiger partial charge in [-0.15, -0.1) is 13.1 Å². The largest absolute Gasteiger partial charge is 1.00 e. The molecule has 0 saturated heterocycles. The van der Waals surface area contributed by atoms with Crippen molar-refractivity contribution >= 4 is 28.6 Å². The number of benzene rings is 2. The monoisotopic (exact) mass is 613 g/mol. The Morgan fingerprint density at radius 2 is 1.86 bits per heavy atom. The fraction of sp³-hybridized carbons (Fsp3) is 0.455. The topological polar surface area (TPSA) is 95.7 Å². The summed E-state index contributed by atoms with van der Waals surface area (Å²) in [6.07, 6.45) is 11.5. The van der Waals surface area contributed by atoms with Crippen molar-refractivity contribution in [2.24, 2.45) is 0 Å². The van der Waals surface area contributed by atoms with E-state index in [1.165, 1.54) is 5.56 Å². The van der Waals surface area contributed by atoms with Crippen LogP contribution in [0.4, 0.5) is 4.79 Å². The number of imidazole rings is 1. The predicted octanol–water partition coefficient (Wildman–Crippen LogP) is 4.16. The van der Waals surface area contributed by atoms with Crippen LogP contribution in [0.3, 0.4) is 0 Å². The van der Waals surface area contributed by atoms with Gasteiger partial charge in [0.05, 0.1) is 19.5 Å². The predicted molar refractivity (Wildman–Crippen MR) is 169 cm³/mol. The zero-order valence-electron chi connectivity index (χ0n) is 25.8. The average Bonchev–Trinajstić information content (AvgIpc) is 3.67. The molecule has 0 spiro atoms. The minimum absolute atomic E-state index is 0. The molecule has 0 radical (unpaired) electrons.